The van der Waals surface area contributed by atoms with E-state index in [1.807, 2.05) is 12.1 Å². The van der Waals surface area contributed by atoms with Crippen molar-refractivity contribution in [2.45, 2.75) is 6.29 Å². The largest absolute Gasteiger partial charge is 0.357 e. The molecule has 2 N–H and O–H groups in total. The third-order valence-electron chi connectivity index (χ3n) is 2.13. The lowest BCUT2D eigenvalue weighted by Gasteiger charge is -2.16. The first-order valence-electron chi connectivity index (χ1n) is 5.12. The molecule has 0 aromatic heterocycles. The molecule has 0 radical (unpaired) electrons. The third kappa shape index (κ3) is 5.07. The summed E-state index contributed by atoms with van der Waals surface area (Å²) < 4.78 is 10.9. The number of ether oxygens (including phenoxy) is 2. The fourth-order valence-corrected chi connectivity index (χ4v) is 1.82. The maximum absolute atomic E-state index is 5.98. The third-order valence-corrected chi connectivity index (χ3v) is 3.61. The van der Waals surface area contributed by atoms with Crippen molar-refractivity contribution in [2.24, 2.45) is 0 Å². The van der Waals surface area contributed by atoms with E-state index in [0.717, 1.165) is 10.2 Å². The Labute approximate surface area is 125 Å². The Morgan fingerprint density at radius 2 is 2.11 bits per heavy atom. The van der Waals surface area contributed by atoms with Crippen LogP contribution in [0.3, 0.4) is 0 Å². The van der Waals surface area contributed by atoms with Gasteiger partial charge in [0.1, 0.15) is 0 Å². The van der Waals surface area contributed by atoms with Crippen molar-refractivity contribution in [1.82, 2.24) is 5.32 Å². The van der Waals surface area contributed by atoms with Crippen LogP contribution in [0.25, 0.3) is 0 Å². The van der Waals surface area contributed by atoms with Crippen molar-refractivity contribution in [3.63, 3.8) is 0 Å². The molecule has 0 fully saturated rings. The van der Waals surface area contributed by atoms with Crippen molar-refractivity contribution in [2.75, 3.05) is 26.1 Å². The molecule has 1 aromatic rings. The summed E-state index contributed by atoms with van der Waals surface area (Å²) in [6.45, 7) is 0.461. The molecule has 0 heterocycles. The van der Waals surface area contributed by atoms with Gasteiger partial charge < -0.3 is 20.1 Å². The molecular formula is C11H14BrClN2O2S. The van der Waals surface area contributed by atoms with Gasteiger partial charge in [0, 0.05) is 24.4 Å². The van der Waals surface area contributed by atoms with Crippen molar-refractivity contribution < 1.29 is 9.47 Å². The maximum Gasteiger partial charge on any atom is 0.174 e. The van der Waals surface area contributed by atoms with Gasteiger partial charge in [-0.1, -0.05) is 11.6 Å². The number of halogens is 2. The van der Waals surface area contributed by atoms with Gasteiger partial charge in [-0.3, -0.25) is 0 Å². The lowest BCUT2D eigenvalue weighted by atomic mass is 10.3. The van der Waals surface area contributed by atoms with Gasteiger partial charge >= 0.3 is 0 Å². The first kappa shape index (κ1) is 15.7. The fraction of sp³-hybridized carbons (Fsp3) is 0.364. The summed E-state index contributed by atoms with van der Waals surface area (Å²) >= 11 is 14.4. The van der Waals surface area contributed by atoms with Gasteiger partial charge in [-0.25, -0.2) is 0 Å². The molecule has 0 saturated carbocycles. The summed E-state index contributed by atoms with van der Waals surface area (Å²) in [6.07, 6.45) is -0.335. The van der Waals surface area contributed by atoms with Crippen LogP contribution in [-0.2, 0) is 9.47 Å². The van der Waals surface area contributed by atoms with Crippen LogP contribution in [0.5, 0.6) is 0 Å². The second-order valence-corrected chi connectivity index (χ2v) is 5.03. The van der Waals surface area contributed by atoms with Gasteiger partial charge in [-0.2, -0.15) is 0 Å². The molecule has 0 aliphatic heterocycles. The molecule has 0 atom stereocenters. The highest BCUT2D eigenvalue weighted by atomic mass is 79.9. The normalized spacial score (nSPS) is 10.5. The maximum atomic E-state index is 5.98. The molecule has 0 unspecified atom stereocenters. The van der Waals surface area contributed by atoms with E-state index in [1.165, 1.54) is 0 Å². The minimum Gasteiger partial charge on any atom is -0.357 e. The Kier molecular flexibility index (Phi) is 6.88. The fourth-order valence-electron chi connectivity index (χ4n) is 1.19. The van der Waals surface area contributed by atoms with Gasteiger partial charge in [0.15, 0.2) is 11.4 Å². The minimum absolute atomic E-state index is 0.335. The second kappa shape index (κ2) is 7.91. The van der Waals surface area contributed by atoms with Crippen LogP contribution >= 0.6 is 39.7 Å². The van der Waals surface area contributed by atoms with E-state index >= 15 is 0 Å². The summed E-state index contributed by atoms with van der Waals surface area (Å²) in [5, 5.41) is 7.10. The molecule has 7 heteroatoms. The summed E-state index contributed by atoms with van der Waals surface area (Å²) in [4.78, 5) is 0. The molecule has 0 aliphatic carbocycles. The predicted molar refractivity (Wildman–Crippen MR) is 81.2 cm³/mol. The zero-order chi connectivity index (χ0) is 13.5. The highest BCUT2D eigenvalue weighted by Crippen LogP contribution is 2.25. The van der Waals surface area contributed by atoms with E-state index in [1.54, 1.807) is 20.3 Å². The Morgan fingerprint density at radius 3 is 2.67 bits per heavy atom. The van der Waals surface area contributed by atoms with Crippen LogP contribution in [0.2, 0.25) is 5.02 Å². The van der Waals surface area contributed by atoms with E-state index in [0.29, 0.717) is 16.7 Å². The number of nitrogens with one attached hydrogen (secondary N) is 2. The first-order valence-corrected chi connectivity index (χ1v) is 6.70. The Balaban J connectivity index is 2.46. The van der Waals surface area contributed by atoms with Gasteiger partial charge in [-0.05, 0) is 46.3 Å². The number of hydrogen-bond donors (Lipinski definition) is 2. The number of methoxy groups -OCH3 is 2. The van der Waals surface area contributed by atoms with Gasteiger partial charge in [-0.15, -0.1) is 0 Å². The van der Waals surface area contributed by atoms with Crippen molar-refractivity contribution in [1.29, 1.82) is 0 Å². The molecular weight excluding hydrogens is 340 g/mol. The van der Waals surface area contributed by atoms with Gasteiger partial charge in [0.2, 0.25) is 0 Å². The lowest BCUT2D eigenvalue weighted by Crippen LogP contribution is -2.36. The van der Waals surface area contributed by atoms with E-state index in [2.05, 4.69) is 26.6 Å². The van der Waals surface area contributed by atoms with Crippen molar-refractivity contribution in [3.8, 4) is 0 Å². The summed E-state index contributed by atoms with van der Waals surface area (Å²) in [5.74, 6) is 0. The van der Waals surface area contributed by atoms with Crippen LogP contribution in [0.1, 0.15) is 0 Å². The topological polar surface area (TPSA) is 42.5 Å². The zero-order valence-electron chi connectivity index (χ0n) is 10.00. The SMILES string of the molecule is COC(CNC(=S)Nc1ccc(Br)c(Cl)c1)OC. The number of anilines is 1. The average Bonchev–Trinajstić information content (AvgIpc) is 2.35. The smallest absolute Gasteiger partial charge is 0.174 e. The Hall–Kier alpha value is -0.400. The average molecular weight is 354 g/mol. The summed E-state index contributed by atoms with van der Waals surface area (Å²) in [7, 11) is 3.14. The number of thiocarbonyl (C=S) groups is 1. The quantitative estimate of drug-likeness (QED) is 0.629. The monoisotopic (exact) mass is 352 g/mol. The molecule has 0 amide bonds. The number of rotatable bonds is 5. The van der Waals surface area contributed by atoms with Crippen molar-refractivity contribution in [3.05, 3.63) is 27.7 Å². The van der Waals surface area contributed by atoms with Crippen LogP contribution in [0.15, 0.2) is 22.7 Å². The van der Waals surface area contributed by atoms with Gasteiger partial charge in [0.05, 0.1) is 11.6 Å². The lowest BCUT2D eigenvalue weighted by molar-refractivity contribution is -0.0964. The molecule has 100 valence electrons. The number of hydrogen-bond acceptors (Lipinski definition) is 3. The predicted octanol–water partition coefficient (Wildman–Crippen LogP) is 3.01. The van der Waals surface area contributed by atoms with Crippen LogP contribution in [-0.4, -0.2) is 32.2 Å². The Bertz CT molecular complexity index is 416. The molecule has 4 nitrogen and oxygen atoms in total. The zero-order valence-corrected chi connectivity index (χ0v) is 13.2. The molecule has 1 aromatic carbocycles. The molecule has 1 rings (SSSR count). The minimum atomic E-state index is -0.335. The first-order chi connectivity index (χ1) is 8.56. The summed E-state index contributed by atoms with van der Waals surface area (Å²) in [6, 6.07) is 5.50. The van der Waals surface area contributed by atoms with E-state index < -0.39 is 0 Å². The van der Waals surface area contributed by atoms with Crippen molar-refractivity contribution >= 4 is 50.5 Å². The standard InChI is InChI=1S/C11H14BrClN2O2S/c1-16-10(17-2)6-14-11(18)15-7-3-4-8(12)9(13)5-7/h3-5,10H,6H2,1-2H3,(H2,14,15,18). The molecule has 0 bridgehead atoms. The molecule has 0 aliphatic rings. The molecule has 0 saturated heterocycles. The van der Waals surface area contributed by atoms with Crippen LogP contribution in [0.4, 0.5) is 5.69 Å². The molecule has 0 spiro atoms. The van der Waals surface area contributed by atoms with E-state index in [9.17, 15) is 0 Å². The van der Waals surface area contributed by atoms with E-state index in [-0.39, 0.29) is 6.29 Å². The van der Waals surface area contributed by atoms with Crippen LogP contribution in [0, 0.1) is 0 Å². The second-order valence-electron chi connectivity index (χ2n) is 3.36. The van der Waals surface area contributed by atoms with Gasteiger partial charge in [0.25, 0.3) is 0 Å². The van der Waals surface area contributed by atoms with E-state index in [4.69, 9.17) is 33.3 Å². The highest BCUT2D eigenvalue weighted by molar-refractivity contribution is 9.10. The highest BCUT2D eigenvalue weighted by Gasteiger charge is 2.06. The Morgan fingerprint density at radius 1 is 1.44 bits per heavy atom. The molecule has 18 heavy (non-hydrogen) atoms. The summed E-state index contributed by atoms with van der Waals surface area (Å²) in [5.41, 5.74) is 0.812. The van der Waals surface area contributed by atoms with Crippen LogP contribution < -0.4 is 10.6 Å². The number of benzene rings is 1.